The van der Waals surface area contributed by atoms with Crippen LogP contribution in [0.2, 0.25) is 5.02 Å². The van der Waals surface area contributed by atoms with Gasteiger partial charge in [-0.05, 0) is 53.2 Å². The number of benzene rings is 2. The molecule has 0 fully saturated rings. The topological polar surface area (TPSA) is 51.8 Å². The fourth-order valence-corrected chi connectivity index (χ4v) is 4.00. The highest BCUT2D eigenvalue weighted by Crippen LogP contribution is 2.42. The van der Waals surface area contributed by atoms with Gasteiger partial charge in [0.2, 0.25) is 0 Å². The quantitative estimate of drug-likeness (QED) is 0.504. The van der Waals surface area contributed by atoms with Crippen molar-refractivity contribution in [3.05, 3.63) is 76.6 Å². The van der Waals surface area contributed by atoms with Crippen LogP contribution in [0.25, 0.3) is 22.0 Å². The smallest absolute Gasteiger partial charge is 0.144 e. The van der Waals surface area contributed by atoms with Gasteiger partial charge in [0.05, 0.1) is 10.5 Å². The Morgan fingerprint density at radius 3 is 2.66 bits per heavy atom. The van der Waals surface area contributed by atoms with Crippen molar-refractivity contribution in [1.29, 1.82) is 0 Å². The number of anilines is 1. The van der Waals surface area contributed by atoms with Crippen molar-refractivity contribution in [2.45, 2.75) is 20.3 Å². The Morgan fingerprint density at radius 1 is 1.07 bits per heavy atom. The van der Waals surface area contributed by atoms with E-state index in [0.717, 1.165) is 40.1 Å². The van der Waals surface area contributed by atoms with Crippen LogP contribution in [0.15, 0.2) is 48.8 Å². The number of halogens is 3. The first kappa shape index (κ1) is 19.5. The summed E-state index contributed by atoms with van der Waals surface area (Å²) in [5, 5.41) is 0.630. The molecule has 1 heterocycles. The highest BCUT2D eigenvalue weighted by atomic mass is 35.5. The summed E-state index contributed by atoms with van der Waals surface area (Å²) in [7, 11) is 0. The normalized spacial score (nSPS) is 19.6. The number of rotatable bonds is 2. The first-order valence-electron chi connectivity index (χ1n) is 9.43. The molecule has 3 nitrogen and oxygen atoms in total. The summed E-state index contributed by atoms with van der Waals surface area (Å²) >= 11 is 6.01. The van der Waals surface area contributed by atoms with Crippen LogP contribution in [0.1, 0.15) is 31.4 Å². The van der Waals surface area contributed by atoms with Crippen LogP contribution in [-0.4, -0.2) is 9.97 Å². The summed E-state index contributed by atoms with van der Waals surface area (Å²) < 4.78 is 28.6. The van der Waals surface area contributed by atoms with Crippen molar-refractivity contribution in [2.24, 2.45) is 11.8 Å². The minimum atomic E-state index is -0.768. The Kier molecular flexibility index (Phi) is 5.09. The maximum absolute atomic E-state index is 14.9. The molecule has 1 aliphatic rings. The molecule has 6 heteroatoms. The Morgan fingerprint density at radius 2 is 1.86 bits per heavy atom. The molecular weight excluding hydrogens is 392 g/mol. The lowest BCUT2D eigenvalue weighted by molar-refractivity contribution is 0.478. The van der Waals surface area contributed by atoms with Crippen molar-refractivity contribution in [3.8, 4) is 0 Å². The molecule has 29 heavy (non-hydrogen) atoms. The van der Waals surface area contributed by atoms with E-state index in [0.29, 0.717) is 11.4 Å². The Bertz CT molecular complexity index is 1170. The first-order chi connectivity index (χ1) is 13.9. The number of nitrogens with zero attached hydrogens (tertiary/aromatic N) is 2. The molecule has 0 aliphatic heterocycles. The van der Waals surface area contributed by atoms with Crippen LogP contribution < -0.4 is 5.73 Å². The number of aromatic nitrogens is 2. The van der Waals surface area contributed by atoms with E-state index in [1.807, 2.05) is 24.3 Å². The monoisotopic (exact) mass is 411 g/mol. The molecule has 2 unspecified atom stereocenters. The zero-order chi connectivity index (χ0) is 20.7. The molecule has 2 aromatic carbocycles. The molecule has 0 saturated heterocycles. The van der Waals surface area contributed by atoms with Crippen LogP contribution in [0, 0.1) is 23.5 Å². The lowest BCUT2D eigenvalue weighted by Crippen LogP contribution is -2.11. The lowest BCUT2D eigenvalue weighted by Gasteiger charge is -2.24. The maximum Gasteiger partial charge on any atom is 0.144 e. The molecule has 4 rings (SSSR count). The summed E-state index contributed by atoms with van der Waals surface area (Å²) in [6, 6.07) is 7.94. The second-order valence-corrected chi connectivity index (χ2v) is 7.88. The van der Waals surface area contributed by atoms with E-state index in [4.69, 9.17) is 17.3 Å². The maximum atomic E-state index is 14.9. The second kappa shape index (κ2) is 7.56. The number of allylic oxidation sites excluding steroid dienone is 4. The van der Waals surface area contributed by atoms with Gasteiger partial charge in [0.15, 0.2) is 0 Å². The van der Waals surface area contributed by atoms with Crippen molar-refractivity contribution in [3.63, 3.8) is 0 Å². The average molecular weight is 412 g/mol. The van der Waals surface area contributed by atoms with Gasteiger partial charge in [-0.25, -0.2) is 18.7 Å². The van der Waals surface area contributed by atoms with E-state index in [2.05, 4.69) is 29.9 Å². The van der Waals surface area contributed by atoms with Crippen molar-refractivity contribution >= 4 is 39.5 Å². The Hall–Kier alpha value is -2.79. The summed E-state index contributed by atoms with van der Waals surface area (Å²) in [5.74, 6) is -0.714. The van der Waals surface area contributed by atoms with Gasteiger partial charge in [-0.15, -0.1) is 0 Å². The van der Waals surface area contributed by atoms with E-state index in [1.165, 1.54) is 12.4 Å². The standard InChI is InChI=1S/C23H20ClF2N3/c1-12-4-3-5-15(14-6-7-21-17(8-14)23(27)29-11-28-21)22(13(12)2)16-9-18(24)20(26)10-19(16)25/h3,5-13H,4H2,1-2H3,(H2,27,28,29). The average Bonchev–Trinajstić information content (AvgIpc) is 2.84. The van der Waals surface area contributed by atoms with Gasteiger partial charge in [-0.1, -0.05) is 43.7 Å². The van der Waals surface area contributed by atoms with E-state index in [1.54, 1.807) is 0 Å². The third kappa shape index (κ3) is 3.51. The predicted octanol–water partition coefficient (Wildman–Crippen LogP) is 6.29. The molecule has 1 aliphatic carbocycles. The summed E-state index contributed by atoms with van der Waals surface area (Å²) in [5.41, 5.74) is 9.60. The third-order valence-electron chi connectivity index (χ3n) is 5.67. The van der Waals surface area contributed by atoms with E-state index >= 15 is 0 Å². The molecule has 0 saturated carbocycles. The molecule has 0 amide bonds. The number of nitrogens with two attached hydrogens (primary N) is 1. The SMILES string of the molecule is CC1CC=CC(c2ccc3ncnc(N)c3c2)=C(c2cc(Cl)c(F)cc2F)C1C. The lowest BCUT2D eigenvalue weighted by atomic mass is 9.81. The van der Waals surface area contributed by atoms with Crippen LogP contribution in [-0.2, 0) is 0 Å². The third-order valence-corrected chi connectivity index (χ3v) is 5.96. The zero-order valence-corrected chi connectivity index (χ0v) is 16.8. The molecule has 148 valence electrons. The van der Waals surface area contributed by atoms with Gasteiger partial charge in [0.1, 0.15) is 23.8 Å². The fourth-order valence-electron chi connectivity index (χ4n) is 3.84. The molecule has 3 aromatic rings. The minimum absolute atomic E-state index is 0.0242. The van der Waals surface area contributed by atoms with Gasteiger partial charge < -0.3 is 5.73 Å². The molecule has 1 aromatic heterocycles. The van der Waals surface area contributed by atoms with Crippen LogP contribution in [0.4, 0.5) is 14.6 Å². The van der Waals surface area contributed by atoms with E-state index in [9.17, 15) is 8.78 Å². The van der Waals surface area contributed by atoms with E-state index < -0.39 is 11.6 Å². The zero-order valence-electron chi connectivity index (χ0n) is 16.1. The van der Waals surface area contributed by atoms with Gasteiger partial charge in [0.25, 0.3) is 0 Å². The van der Waals surface area contributed by atoms with E-state index in [-0.39, 0.29) is 16.9 Å². The first-order valence-corrected chi connectivity index (χ1v) is 9.81. The van der Waals surface area contributed by atoms with Gasteiger partial charge in [0, 0.05) is 17.0 Å². The Labute approximate surface area is 172 Å². The fraction of sp³-hybridized carbons (Fsp3) is 0.217. The van der Waals surface area contributed by atoms with Crippen molar-refractivity contribution < 1.29 is 8.78 Å². The highest BCUT2D eigenvalue weighted by Gasteiger charge is 2.26. The molecular formula is C23H20ClF2N3. The number of hydrogen-bond acceptors (Lipinski definition) is 3. The van der Waals surface area contributed by atoms with Gasteiger partial charge in [-0.2, -0.15) is 0 Å². The highest BCUT2D eigenvalue weighted by molar-refractivity contribution is 6.31. The molecule has 2 atom stereocenters. The number of nitrogen functional groups attached to an aromatic ring is 1. The molecule has 2 N–H and O–H groups in total. The number of fused-ring (bicyclic) bond motifs is 1. The second-order valence-electron chi connectivity index (χ2n) is 7.47. The molecule has 0 bridgehead atoms. The Balaban J connectivity index is 2.02. The minimum Gasteiger partial charge on any atom is -0.383 e. The van der Waals surface area contributed by atoms with Crippen molar-refractivity contribution in [2.75, 3.05) is 5.73 Å². The molecule has 0 radical (unpaired) electrons. The van der Waals surface area contributed by atoms with Crippen LogP contribution in [0.3, 0.4) is 0 Å². The molecule has 0 spiro atoms. The predicted molar refractivity (Wildman–Crippen MR) is 114 cm³/mol. The number of hydrogen-bond donors (Lipinski definition) is 1. The van der Waals surface area contributed by atoms with Crippen molar-refractivity contribution in [1.82, 2.24) is 9.97 Å². The summed E-state index contributed by atoms with van der Waals surface area (Å²) in [6.07, 6.45) is 6.35. The van der Waals surface area contributed by atoms with Gasteiger partial charge in [-0.3, -0.25) is 0 Å². The van der Waals surface area contributed by atoms with Crippen LogP contribution >= 0.6 is 11.6 Å². The summed E-state index contributed by atoms with van der Waals surface area (Å²) in [4.78, 5) is 8.31. The van der Waals surface area contributed by atoms with Gasteiger partial charge >= 0.3 is 0 Å². The largest absolute Gasteiger partial charge is 0.383 e. The summed E-state index contributed by atoms with van der Waals surface area (Å²) in [6.45, 7) is 4.18. The van der Waals surface area contributed by atoms with Crippen LogP contribution in [0.5, 0.6) is 0 Å².